The highest BCUT2D eigenvalue weighted by atomic mass is 19.2. The van der Waals surface area contributed by atoms with Gasteiger partial charge in [0.2, 0.25) is 0 Å². The zero-order chi connectivity index (χ0) is 18.3. The molecule has 2 heterocycles. The molecule has 0 saturated carbocycles. The molecule has 2 aliphatic rings. The van der Waals surface area contributed by atoms with Crippen molar-refractivity contribution in [1.29, 1.82) is 0 Å². The molecule has 5 atom stereocenters. The van der Waals surface area contributed by atoms with Crippen LogP contribution in [0.1, 0.15) is 38.2 Å². The number of hydrogen-bond donors (Lipinski definition) is 2. The first-order valence-corrected chi connectivity index (χ1v) is 8.67. The van der Waals surface area contributed by atoms with Gasteiger partial charge in [0, 0.05) is 24.2 Å². The number of piperidine rings is 1. The molecular weight excluding hydrogens is 333 g/mol. The molecular formula is C18H23F3N2O2. The van der Waals surface area contributed by atoms with Gasteiger partial charge < -0.3 is 15.7 Å². The van der Waals surface area contributed by atoms with Crippen molar-refractivity contribution in [1.82, 2.24) is 4.90 Å². The molecule has 0 radical (unpaired) electrons. The van der Waals surface area contributed by atoms with Gasteiger partial charge in [0.25, 0.3) is 5.91 Å². The summed E-state index contributed by atoms with van der Waals surface area (Å²) < 4.78 is 40.2. The highest BCUT2D eigenvalue weighted by Crippen LogP contribution is 2.40. The Kier molecular flexibility index (Phi) is 5.06. The predicted molar refractivity (Wildman–Crippen MR) is 86.1 cm³/mol. The van der Waals surface area contributed by atoms with Gasteiger partial charge >= 0.3 is 0 Å². The van der Waals surface area contributed by atoms with E-state index in [2.05, 4.69) is 0 Å². The number of benzene rings is 1. The van der Waals surface area contributed by atoms with E-state index < -0.39 is 29.6 Å². The fourth-order valence-corrected chi connectivity index (χ4v) is 4.29. The quantitative estimate of drug-likeness (QED) is 0.812. The van der Waals surface area contributed by atoms with Crippen LogP contribution in [0.4, 0.5) is 13.2 Å². The summed E-state index contributed by atoms with van der Waals surface area (Å²) in [7, 11) is 0. The minimum Gasteiger partial charge on any atom is -0.384 e. The number of halogens is 3. The largest absolute Gasteiger partial charge is 0.384 e. The minimum atomic E-state index is -1.21. The summed E-state index contributed by atoms with van der Waals surface area (Å²) in [5, 5.41) is 9.56. The minimum absolute atomic E-state index is 0.0340. The number of aliphatic hydroxyl groups excluding tert-OH is 1. The van der Waals surface area contributed by atoms with Crippen LogP contribution < -0.4 is 5.73 Å². The highest BCUT2D eigenvalue weighted by molar-refractivity contribution is 5.81. The van der Waals surface area contributed by atoms with Gasteiger partial charge in [-0.3, -0.25) is 4.79 Å². The Hall–Kier alpha value is -1.60. The Bertz CT molecular complexity index is 654. The van der Waals surface area contributed by atoms with E-state index in [1.807, 2.05) is 0 Å². The van der Waals surface area contributed by atoms with Gasteiger partial charge in [0.1, 0.15) is 11.9 Å². The monoisotopic (exact) mass is 356 g/mol. The average molecular weight is 356 g/mol. The van der Waals surface area contributed by atoms with Crippen LogP contribution in [0.25, 0.3) is 0 Å². The smallest absolute Gasteiger partial charge is 0.251 e. The molecule has 2 bridgehead atoms. The van der Waals surface area contributed by atoms with Gasteiger partial charge in [-0.25, -0.2) is 13.2 Å². The van der Waals surface area contributed by atoms with Crippen molar-refractivity contribution in [2.45, 2.75) is 63.3 Å². The van der Waals surface area contributed by atoms with E-state index in [0.29, 0.717) is 18.9 Å². The van der Waals surface area contributed by atoms with Crippen molar-refractivity contribution >= 4 is 5.91 Å². The van der Waals surface area contributed by atoms with Crippen LogP contribution in [0, 0.1) is 23.4 Å². The predicted octanol–water partition coefficient (Wildman–Crippen LogP) is 2.12. The number of aliphatic hydroxyl groups is 1. The molecule has 1 aromatic rings. The third kappa shape index (κ3) is 3.53. The summed E-state index contributed by atoms with van der Waals surface area (Å²) >= 11 is 0. The lowest BCUT2D eigenvalue weighted by molar-refractivity contribution is -0.144. The van der Waals surface area contributed by atoms with E-state index in [9.17, 15) is 23.1 Å². The number of fused-ring (bicyclic) bond motifs is 2. The lowest BCUT2D eigenvalue weighted by atomic mass is 9.82. The standard InChI is InChI=1S/C18H23F3N2O2/c1-9(24)18(25)23-12-2-3-13(23)5-11(4-12)17(22)7-10-6-15(20)16(21)8-14(10)19/h6,8-9,11-13,17,24H,2-5,7,22H2,1H3/t9-,11-,12-,13+,17+/m0/s1. The number of nitrogens with two attached hydrogens (primary N) is 1. The molecule has 25 heavy (non-hydrogen) atoms. The van der Waals surface area contributed by atoms with E-state index in [0.717, 1.165) is 18.9 Å². The maximum Gasteiger partial charge on any atom is 0.251 e. The average Bonchev–Trinajstić information content (AvgIpc) is 2.80. The fraction of sp³-hybridized carbons (Fsp3) is 0.611. The summed E-state index contributed by atoms with van der Waals surface area (Å²) in [6, 6.07) is 1.08. The summed E-state index contributed by atoms with van der Waals surface area (Å²) in [5.74, 6) is -3.27. The Morgan fingerprint density at radius 2 is 1.76 bits per heavy atom. The van der Waals surface area contributed by atoms with Crippen molar-refractivity contribution in [3.63, 3.8) is 0 Å². The topological polar surface area (TPSA) is 66.6 Å². The molecule has 0 unspecified atom stereocenters. The molecule has 2 fully saturated rings. The van der Waals surface area contributed by atoms with E-state index in [1.165, 1.54) is 6.92 Å². The summed E-state index contributed by atoms with van der Waals surface area (Å²) in [6.07, 6.45) is 2.20. The van der Waals surface area contributed by atoms with Crippen LogP contribution >= 0.6 is 0 Å². The normalized spacial score (nSPS) is 28.1. The lowest BCUT2D eigenvalue weighted by Gasteiger charge is -2.41. The molecule has 2 saturated heterocycles. The van der Waals surface area contributed by atoms with Gasteiger partial charge in [0.05, 0.1) is 0 Å². The van der Waals surface area contributed by atoms with Gasteiger partial charge in [-0.1, -0.05) is 0 Å². The zero-order valence-electron chi connectivity index (χ0n) is 14.1. The van der Waals surface area contributed by atoms with Crippen LogP contribution in [-0.4, -0.2) is 40.1 Å². The second-order valence-corrected chi connectivity index (χ2v) is 7.26. The first-order chi connectivity index (χ1) is 11.8. The third-order valence-corrected chi connectivity index (χ3v) is 5.53. The zero-order valence-corrected chi connectivity index (χ0v) is 14.1. The van der Waals surface area contributed by atoms with Crippen LogP contribution in [0.2, 0.25) is 0 Å². The van der Waals surface area contributed by atoms with Gasteiger partial charge in [0.15, 0.2) is 11.6 Å². The summed E-state index contributed by atoms with van der Waals surface area (Å²) in [4.78, 5) is 13.9. The number of nitrogens with zero attached hydrogens (tertiary/aromatic N) is 1. The maximum atomic E-state index is 13.8. The second kappa shape index (κ2) is 6.96. The van der Waals surface area contributed by atoms with E-state index in [1.54, 1.807) is 4.90 Å². The number of rotatable bonds is 4. The Labute approximate surface area is 144 Å². The van der Waals surface area contributed by atoms with Gasteiger partial charge in [-0.15, -0.1) is 0 Å². The van der Waals surface area contributed by atoms with Crippen LogP contribution in [0.3, 0.4) is 0 Å². The highest BCUT2D eigenvalue weighted by Gasteiger charge is 2.45. The third-order valence-electron chi connectivity index (χ3n) is 5.53. The molecule has 3 rings (SSSR count). The van der Waals surface area contributed by atoms with E-state index >= 15 is 0 Å². The molecule has 2 aliphatic heterocycles. The number of carbonyl (C=O) groups excluding carboxylic acids is 1. The SMILES string of the molecule is C[C@H](O)C(=O)N1[C@@H]2CC[C@H]1C[C@H]([C@H](N)Cc1cc(F)c(F)cc1F)C2. The molecule has 1 aromatic carbocycles. The molecule has 3 N–H and O–H groups in total. The first-order valence-electron chi connectivity index (χ1n) is 8.67. The molecule has 0 aromatic heterocycles. The molecule has 7 heteroatoms. The first kappa shape index (κ1) is 18.2. The van der Waals surface area contributed by atoms with Crippen LogP contribution in [0.15, 0.2) is 12.1 Å². The Morgan fingerprint density at radius 3 is 2.32 bits per heavy atom. The van der Waals surface area contributed by atoms with E-state index in [-0.39, 0.29) is 35.9 Å². The van der Waals surface area contributed by atoms with Crippen molar-refractivity contribution in [3.05, 3.63) is 35.1 Å². The van der Waals surface area contributed by atoms with Crippen molar-refractivity contribution in [3.8, 4) is 0 Å². The maximum absolute atomic E-state index is 13.8. The summed E-state index contributed by atoms with van der Waals surface area (Å²) in [6.45, 7) is 1.46. The van der Waals surface area contributed by atoms with Gasteiger partial charge in [-0.2, -0.15) is 0 Å². The molecule has 1 amide bonds. The molecule has 0 spiro atoms. The van der Waals surface area contributed by atoms with Crippen LogP contribution in [-0.2, 0) is 11.2 Å². The van der Waals surface area contributed by atoms with Gasteiger partial charge in [-0.05, 0) is 56.6 Å². The Morgan fingerprint density at radius 1 is 1.20 bits per heavy atom. The number of hydrogen-bond acceptors (Lipinski definition) is 3. The van der Waals surface area contributed by atoms with Crippen molar-refractivity contribution in [2.24, 2.45) is 11.7 Å². The summed E-state index contributed by atoms with van der Waals surface area (Å²) in [5.41, 5.74) is 6.31. The second-order valence-electron chi connectivity index (χ2n) is 7.26. The molecule has 4 nitrogen and oxygen atoms in total. The molecule has 138 valence electrons. The number of amides is 1. The van der Waals surface area contributed by atoms with Crippen molar-refractivity contribution in [2.75, 3.05) is 0 Å². The van der Waals surface area contributed by atoms with Crippen molar-refractivity contribution < 1.29 is 23.1 Å². The molecule has 0 aliphatic carbocycles. The lowest BCUT2D eigenvalue weighted by Crippen LogP contribution is -2.52. The fourth-order valence-electron chi connectivity index (χ4n) is 4.29. The van der Waals surface area contributed by atoms with Crippen LogP contribution in [0.5, 0.6) is 0 Å². The van der Waals surface area contributed by atoms with E-state index in [4.69, 9.17) is 5.73 Å². The number of carbonyl (C=O) groups is 1. The Balaban J connectivity index is 1.69.